The molecule has 0 saturated carbocycles. The van der Waals surface area contributed by atoms with Crippen molar-refractivity contribution in [3.8, 4) is 0 Å². The third kappa shape index (κ3) is 8.80. The number of hydrogen-bond donors (Lipinski definition) is 3. The lowest BCUT2D eigenvalue weighted by Gasteiger charge is -2.36. The van der Waals surface area contributed by atoms with Crippen molar-refractivity contribution in [2.45, 2.75) is 83.6 Å². The second-order valence-corrected chi connectivity index (χ2v) is 13.6. The summed E-state index contributed by atoms with van der Waals surface area (Å²) in [5, 5.41) is 12.5. The van der Waals surface area contributed by atoms with E-state index < -0.39 is 22.2 Å². The summed E-state index contributed by atoms with van der Waals surface area (Å²) in [6, 6.07) is 9.99. The Morgan fingerprint density at radius 2 is 1.55 bits per heavy atom. The van der Waals surface area contributed by atoms with Crippen LogP contribution in [0.15, 0.2) is 46.4 Å². The van der Waals surface area contributed by atoms with Crippen LogP contribution in [-0.2, 0) is 26.0 Å². The highest BCUT2D eigenvalue weighted by molar-refractivity contribution is 7.89. The number of ether oxygens (including phenoxy) is 1. The van der Waals surface area contributed by atoms with Crippen LogP contribution in [0.3, 0.4) is 0 Å². The molecule has 1 heterocycles. The van der Waals surface area contributed by atoms with Gasteiger partial charge in [-0.3, -0.25) is 10.0 Å². The number of nitrogens with zero attached hydrogens (tertiary/aromatic N) is 3. The smallest absolute Gasteiger partial charge is 0.409 e. The zero-order valence-corrected chi connectivity index (χ0v) is 27.6. The summed E-state index contributed by atoms with van der Waals surface area (Å²) >= 11 is 0. The maximum absolute atomic E-state index is 14.4. The molecule has 0 bridgehead atoms. The van der Waals surface area contributed by atoms with Crippen LogP contribution in [0.5, 0.6) is 0 Å². The van der Waals surface area contributed by atoms with Gasteiger partial charge in [0, 0.05) is 26.2 Å². The van der Waals surface area contributed by atoms with Crippen LogP contribution in [0.1, 0.15) is 94.0 Å². The van der Waals surface area contributed by atoms with E-state index in [1.807, 2.05) is 45.9 Å². The predicted octanol–water partition coefficient (Wildman–Crippen LogP) is 4.56. The van der Waals surface area contributed by atoms with E-state index in [0.29, 0.717) is 11.1 Å². The van der Waals surface area contributed by atoms with Gasteiger partial charge < -0.3 is 14.5 Å². The molecule has 1 unspecified atom stereocenters. The molecule has 0 aliphatic carbocycles. The van der Waals surface area contributed by atoms with E-state index in [4.69, 9.17) is 9.94 Å². The van der Waals surface area contributed by atoms with Gasteiger partial charge in [0.1, 0.15) is 6.04 Å². The average molecular weight is 630 g/mol. The molecule has 11 nitrogen and oxygen atoms in total. The maximum atomic E-state index is 14.4. The van der Waals surface area contributed by atoms with Gasteiger partial charge in [0.15, 0.2) is 0 Å². The highest BCUT2D eigenvalue weighted by Crippen LogP contribution is 2.35. The highest BCUT2D eigenvalue weighted by atomic mass is 32.2. The number of hydrogen-bond acceptors (Lipinski definition) is 8. The van der Waals surface area contributed by atoms with Crippen LogP contribution in [0.25, 0.3) is 0 Å². The fourth-order valence-corrected chi connectivity index (χ4v) is 7.20. The summed E-state index contributed by atoms with van der Waals surface area (Å²) in [7, 11) is -4.16. The second kappa shape index (κ2) is 15.5. The molecule has 1 saturated heterocycles. The molecular formula is C32H47N5O6S. The van der Waals surface area contributed by atoms with Gasteiger partial charge in [-0.05, 0) is 58.9 Å². The van der Waals surface area contributed by atoms with Crippen LogP contribution < -0.4 is 10.3 Å². The van der Waals surface area contributed by atoms with Crippen LogP contribution >= 0.6 is 0 Å². The number of carbonyl (C=O) groups is 2. The maximum Gasteiger partial charge on any atom is 0.409 e. The van der Waals surface area contributed by atoms with Gasteiger partial charge in [-0.25, -0.2) is 13.2 Å². The third-order valence-electron chi connectivity index (χ3n) is 7.72. The number of rotatable bonds is 12. The zero-order valence-electron chi connectivity index (χ0n) is 26.8. The molecule has 0 radical (unpaired) electrons. The monoisotopic (exact) mass is 629 g/mol. The van der Waals surface area contributed by atoms with Gasteiger partial charge in [0.05, 0.1) is 17.7 Å². The SMILES string of the molecule is CCOC(=O)N1CCN(C(=O)C(Cc2cccc(/C=N/NO)c2)NS(=O)(=O)c2c(C(C)C)cc(C(C)C)cc2C(C)C)CC1. The molecular weight excluding hydrogens is 582 g/mol. The van der Waals surface area contributed by atoms with Crippen molar-refractivity contribution in [3.05, 3.63) is 64.2 Å². The normalized spacial score (nSPS) is 15.0. The molecule has 2 amide bonds. The first kappa shape index (κ1) is 35.0. The summed E-state index contributed by atoms with van der Waals surface area (Å²) in [6.45, 7) is 15.1. The minimum atomic E-state index is -4.16. The van der Waals surface area contributed by atoms with Crippen molar-refractivity contribution in [1.29, 1.82) is 0 Å². The standard InChI is InChI=1S/C32H47N5O6S/c1-8-43-32(39)37-14-12-36(13-15-37)31(38)29(17-24-10-9-11-25(16-24)20-33-35-40)34-44(41,42)30-27(22(4)5)18-26(21(2)3)19-28(30)23(6)7/h9-11,16,18-23,29,34-35,40H,8,12-15,17H2,1-7H3/b33-20+. The van der Waals surface area contributed by atoms with Crippen LogP contribution in [-0.4, -0.2) is 80.5 Å². The summed E-state index contributed by atoms with van der Waals surface area (Å²) in [5.41, 5.74) is 5.60. The molecule has 1 fully saturated rings. The van der Waals surface area contributed by atoms with Gasteiger partial charge in [-0.1, -0.05) is 77.9 Å². The lowest BCUT2D eigenvalue weighted by molar-refractivity contribution is -0.134. The Morgan fingerprint density at radius 3 is 2.07 bits per heavy atom. The first-order chi connectivity index (χ1) is 20.8. The molecule has 1 atom stereocenters. The molecule has 12 heteroatoms. The van der Waals surface area contributed by atoms with E-state index in [1.165, 1.54) is 6.21 Å². The molecule has 0 spiro atoms. The summed E-state index contributed by atoms with van der Waals surface area (Å²) in [4.78, 5) is 29.6. The number of benzene rings is 2. The molecule has 3 rings (SSSR count). The third-order valence-corrected chi connectivity index (χ3v) is 9.33. The van der Waals surface area contributed by atoms with Crippen molar-refractivity contribution in [3.63, 3.8) is 0 Å². The van der Waals surface area contributed by atoms with E-state index in [9.17, 15) is 18.0 Å². The number of carbonyl (C=O) groups excluding carboxylic acids is 2. The fourth-order valence-electron chi connectivity index (χ4n) is 5.31. The fraction of sp³-hybridized carbons (Fsp3) is 0.531. The van der Waals surface area contributed by atoms with Crippen molar-refractivity contribution < 1.29 is 28.0 Å². The van der Waals surface area contributed by atoms with Gasteiger partial charge >= 0.3 is 6.09 Å². The number of amides is 2. The lowest BCUT2D eigenvalue weighted by atomic mass is 9.89. The molecule has 2 aromatic carbocycles. The first-order valence-corrected chi connectivity index (χ1v) is 16.7. The Hall–Kier alpha value is -3.48. The van der Waals surface area contributed by atoms with Gasteiger partial charge in [-0.15, -0.1) is 0 Å². The summed E-state index contributed by atoms with van der Waals surface area (Å²) < 4.78 is 36.6. The van der Waals surface area contributed by atoms with E-state index in [-0.39, 0.29) is 67.8 Å². The molecule has 242 valence electrons. The summed E-state index contributed by atoms with van der Waals surface area (Å²) in [6.07, 6.45) is 1.07. The Kier molecular flexibility index (Phi) is 12.3. The van der Waals surface area contributed by atoms with Crippen LogP contribution in [0.4, 0.5) is 4.79 Å². The first-order valence-electron chi connectivity index (χ1n) is 15.2. The van der Waals surface area contributed by atoms with Crippen LogP contribution in [0, 0.1) is 0 Å². The van der Waals surface area contributed by atoms with Crippen LogP contribution in [0.2, 0.25) is 0 Å². The molecule has 44 heavy (non-hydrogen) atoms. The topological polar surface area (TPSA) is 141 Å². The van der Waals surface area contributed by atoms with Crippen molar-refractivity contribution in [2.75, 3.05) is 32.8 Å². The Bertz CT molecular complexity index is 1400. The van der Waals surface area contributed by atoms with Gasteiger partial charge in [0.2, 0.25) is 15.9 Å². The van der Waals surface area contributed by atoms with Crippen molar-refractivity contribution >= 4 is 28.2 Å². The predicted molar refractivity (Wildman–Crippen MR) is 171 cm³/mol. The number of hydrazone groups is 1. The van der Waals surface area contributed by atoms with Crippen molar-refractivity contribution in [2.24, 2.45) is 5.10 Å². The number of sulfonamides is 1. The number of nitrogens with one attached hydrogen (secondary N) is 2. The average Bonchev–Trinajstić information content (AvgIpc) is 2.98. The Balaban J connectivity index is 2.03. The molecule has 2 aromatic rings. The Morgan fingerprint density at radius 1 is 0.955 bits per heavy atom. The largest absolute Gasteiger partial charge is 0.450 e. The lowest BCUT2D eigenvalue weighted by Crippen LogP contribution is -2.56. The molecule has 1 aliphatic rings. The highest BCUT2D eigenvalue weighted by Gasteiger charge is 2.35. The van der Waals surface area contributed by atoms with Gasteiger partial charge in [-0.2, -0.15) is 15.4 Å². The van der Waals surface area contributed by atoms with E-state index in [2.05, 4.69) is 23.7 Å². The summed E-state index contributed by atoms with van der Waals surface area (Å²) in [5.74, 6) is -0.295. The number of piperazine rings is 1. The van der Waals surface area contributed by atoms with Gasteiger partial charge in [0.25, 0.3) is 0 Å². The van der Waals surface area contributed by atoms with Crippen molar-refractivity contribution in [1.82, 2.24) is 20.1 Å². The van der Waals surface area contributed by atoms with E-state index >= 15 is 0 Å². The van der Waals surface area contributed by atoms with E-state index in [0.717, 1.165) is 16.7 Å². The second-order valence-electron chi connectivity index (χ2n) is 12.0. The molecule has 0 aromatic heterocycles. The molecule has 1 aliphatic heterocycles. The quantitative estimate of drug-likeness (QED) is 0.231. The Labute approximate surface area is 261 Å². The minimum Gasteiger partial charge on any atom is -0.450 e. The van der Waals surface area contributed by atoms with E-state index in [1.54, 1.807) is 40.5 Å². The minimum absolute atomic E-state index is 0.0704. The zero-order chi connectivity index (χ0) is 32.6. The molecule has 3 N–H and O–H groups in total.